The molecule has 114 valence electrons. The van der Waals surface area contributed by atoms with Crippen LogP contribution in [0, 0.1) is 17.2 Å². The van der Waals surface area contributed by atoms with Gasteiger partial charge < -0.3 is 4.90 Å². The summed E-state index contributed by atoms with van der Waals surface area (Å²) in [7, 11) is -1.51. The topological polar surface area (TPSA) is 73.2 Å². The summed E-state index contributed by atoms with van der Waals surface area (Å²) in [5, 5.41) is 8.96. The molecule has 2 rings (SSSR count). The number of nitriles is 1. The molecular weight excluding hydrogens is 310 g/mol. The second-order valence-electron chi connectivity index (χ2n) is 5.35. The number of rotatable bonds is 4. The van der Waals surface area contributed by atoms with Crippen LogP contribution in [-0.4, -0.2) is 40.0 Å². The molecule has 0 bridgehead atoms. The molecule has 1 aliphatic heterocycles. The molecule has 7 heteroatoms. The van der Waals surface area contributed by atoms with Gasteiger partial charge in [0.2, 0.25) is 10.0 Å². The van der Waals surface area contributed by atoms with Crippen molar-refractivity contribution in [3.05, 3.63) is 28.8 Å². The summed E-state index contributed by atoms with van der Waals surface area (Å²) in [6.07, 6.45) is 1.99. The van der Waals surface area contributed by atoms with E-state index in [4.69, 9.17) is 16.9 Å². The summed E-state index contributed by atoms with van der Waals surface area (Å²) >= 11 is 5.88. The fourth-order valence-corrected chi connectivity index (χ4v) is 3.76. The van der Waals surface area contributed by atoms with Crippen molar-refractivity contribution in [2.45, 2.75) is 17.7 Å². The van der Waals surface area contributed by atoms with Crippen molar-refractivity contribution in [2.75, 3.05) is 26.7 Å². The maximum atomic E-state index is 12.2. The van der Waals surface area contributed by atoms with E-state index in [-0.39, 0.29) is 15.5 Å². The molecular formula is C14H18ClN3O2S. The van der Waals surface area contributed by atoms with Crippen LogP contribution in [0.1, 0.15) is 18.4 Å². The Bertz CT molecular complexity index is 647. The molecule has 1 fully saturated rings. The van der Waals surface area contributed by atoms with Gasteiger partial charge in [0.05, 0.1) is 15.5 Å². The van der Waals surface area contributed by atoms with Gasteiger partial charge in [-0.15, -0.1) is 0 Å². The average Bonchev–Trinajstić information content (AvgIpc) is 2.46. The lowest BCUT2D eigenvalue weighted by Crippen LogP contribution is -2.36. The van der Waals surface area contributed by atoms with Crippen LogP contribution in [0.2, 0.25) is 5.02 Å². The van der Waals surface area contributed by atoms with Gasteiger partial charge in [0.1, 0.15) is 6.07 Å². The van der Waals surface area contributed by atoms with E-state index in [0.29, 0.717) is 12.5 Å². The zero-order chi connectivity index (χ0) is 15.5. The maximum absolute atomic E-state index is 12.2. The van der Waals surface area contributed by atoms with Gasteiger partial charge in [-0.3, -0.25) is 0 Å². The number of hydrogen-bond acceptors (Lipinski definition) is 4. The molecule has 0 spiro atoms. The minimum absolute atomic E-state index is 0.0967. The van der Waals surface area contributed by atoms with Gasteiger partial charge in [-0.25, -0.2) is 13.1 Å². The fraction of sp³-hybridized carbons (Fsp3) is 0.500. The monoisotopic (exact) mass is 327 g/mol. The smallest absolute Gasteiger partial charge is 0.240 e. The lowest BCUT2D eigenvalue weighted by atomic mass is 9.98. The highest BCUT2D eigenvalue weighted by Gasteiger charge is 2.21. The number of piperidine rings is 1. The van der Waals surface area contributed by atoms with Crippen LogP contribution < -0.4 is 4.72 Å². The van der Waals surface area contributed by atoms with Crippen molar-refractivity contribution in [3.63, 3.8) is 0 Å². The SMILES string of the molecule is CN1CCC(CNS(=O)(=O)c2ccc(C#N)c(Cl)c2)CC1. The predicted octanol–water partition coefficient (Wildman–Crippen LogP) is 1.83. The normalized spacial score (nSPS) is 17.6. The van der Waals surface area contributed by atoms with Gasteiger partial charge in [-0.05, 0) is 57.1 Å². The summed E-state index contributed by atoms with van der Waals surface area (Å²) in [5.41, 5.74) is 0.269. The number of nitrogens with one attached hydrogen (secondary N) is 1. The summed E-state index contributed by atoms with van der Waals surface area (Å²) in [4.78, 5) is 2.34. The molecule has 1 aromatic rings. The highest BCUT2D eigenvalue weighted by atomic mass is 35.5. The van der Waals surface area contributed by atoms with Gasteiger partial charge in [-0.2, -0.15) is 5.26 Å². The van der Waals surface area contributed by atoms with Crippen LogP contribution in [0.4, 0.5) is 0 Å². The van der Waals surface area contributed by atoms with Crippen LogP contribution in [0.25, 0.3) is 0 Å². The Labute approximate surface area is 130 Å². The largest absolute Gasteiger partial charge is 0.306 e. The molecule has 0 radical (unpaired) electrons. The second kappa shape index (κ2) is 6.75. The standard InChI is InChI=1S/C14H18ClN3O2S/c1-18-6-4-11(5-7-18)10-17-21(19,20)13-3-2-12(9-16)14(15)8-13/h2-3,8,11,17H,4-7,10H2,1H3. The van der Waals surface area contributed by atoms with Crippen LogP contribution in [0.15, 0.2) is 23.1 Å². The third-order valence-electron chi connectivity index (χ3n) is 3.77. The molecule has 21 heavy (non-hydrogen) atoms. The zero-order valence-electron chi connectivity index (χ0n) is 11.8. The Morgan fingerprint density at radius 3 is 2.67 bits per heavy atom. The Morgan fingerprint density at radius 2 is 2.10 bits per heavy atom. The number of sulfonamides is 1. The van der Waals surface area contributed by atoms with E-state index >= 15 is 0 Å². The highest BCUT2D eigenvalue weighted by molar-refractivity contribution is 7.89. The molecule has 1 aliphatic rings. The average molecular weight is 328 g/mol. The van der Waals surface area contributed by atoms with Crippen LogP contribution in [0.5, 0.6) is 0 Å². The first-order valence-corrected chi connectivity index (χ1v) is 8.66. The van der Waals surface area contributed by atoms with Crippen molar-refractivity contribution >= 4 is 21.6 Å². The van der Waals surface area contributed by atoms with Gasteiger partial charge >= 0.3 is 0 Å². The second-order valence-corrected chi connectivity index (χ2v) is 7.53. The molecule has 0 aromatic heterocycles. The van der Waals surface area contributed by atoms with Gasteiger partial charge in [-0.1, -0.05) is 11.6 Å². The van der Waals surface area contributed by atoms with Crippen LogP contribution in [0.3, 0.4) is 0 Å². The number of likely N-dealkylation sites (tertiary alicyclic amines) is 1. The lowest BCUT2D eigenvalue weighted by Gasteiger charge is -2.28. The molecule has 1 saturated heterocycles. The first-order valence-electron chi connectivity index (χ1n) is 6.80. The van der Waals surface area contributed by atoms with E-state index in [1.54, 1.807) is 0 Å². The van der Waals surface area contributed by atoms with Gasteiger partial charge in [0.15, 0.2) is 0 Å². The molecule has 0 amide bonds. The van der Waals surface area contributed by atoms with Crippen molar-refractivity contribution < 1.29 is 8.42 Å². The Hall–Kier alpha value is -1.13. The van der Waals surface area contributed by atoms with Crippen LogP contribution in [-0.2, 0) is 10.0 Å². The summed E-state index contributed by atoms with van der Waals surface area (Å²) in [6.45, 7) is 2.43. The third-order valence-corrected chi connectivity index (χ3v) is 5.51. The van der Waals surface area contributed by atoms with Crippen LogP contribution >= 0.6 is 11.6 Å². The Kier molecular flexibility index (Phi) is 5.22. The summed E-state index contributed by atoms with van der Waals surface area (Å²) in [6, 6.07) is 6.05. The molecule has 1 heterocycles. The summed E-state index contributed by atoms with van der Waals surface area (Å²) in [5.74, 6) is 0.366. The molecule has 1 N–H and O–H groups in total. The number of benzene rings is 1. The third kappa shape index (κ3) is 4.17. The molecule has 0 aliphatic carbocycles. The van der Waals surface area contributed by atoms with Gasteiger partial charge in [0, 0.05) is 6.54 Å². The predicted molar refractivity (Wildman–Crippen MR) is 81.6 cm³/mol. The maximum Gasteiger partial charge on any atom is 0.240 e. The first kappa shape index (κ1) is 16.2. The minimum atomic E-state index is -3.58. The van der Waals surface area contributed by atoms with Crippen molar-refractivity contribution in [2.24, 2.45) is 5.92 Å². The fourth-order valence-electron chi connectivity index (χ4n) is 2.33. The molecule has 0 unspecified atom stereocenters. The van der Waals surface area contributed by atoms with Crippen molar-refractivity contribution in [3.8, 4) is 6.07 Å². The molecule has 5 nitrogen and oxygen atoms in total. The quantitative estimate of drug-likeness (QED) is 0.915. The summed E-state index contributed by atoms with van der Waals surface area (Å²) < 4.78 is 27.1. The van der Waals surface area contributed by atoms with E-state index in [1.165, 1.54) is 18.2 Å². The Morgan fingerprint density at radius 1 is 1.43 bits per heavy atom. The first-order chi connectivity index (χ1) is 9.92. The number of nitrogens with zero attached hydrogens (tertiary/aromatic N) is 2. The van der Waals surface area contributed by atoms with Gasteiger partial charge in [0.25, 0.3) is 0 Å². The lowest BCUT2D eigenvalue weighted by molar-refractivity contribution is 0.220. The van der Waals surface area contributed by atoms with E-state index in [2.05, 4.69) is 16.7 Å². The number of halogens is 1. The van der Waals surface area contributed by atoms with E-state index in [1.807, 2.05) is 6.07 Å². The van der Waals surface area contributed by atoms with E-state index < -0.39 is 10.0 Å². The minimum Gasteiger partial charge on any atom is -0.306 e. The molecule has 0 atom stereocenters. The van der Waals surface area contributed by atoms with E-state index in [9.17, 15) is 8.42 Å². The van der Waals surface area contributed by atoms with E-state index in [0.717, 1.165) is 25.9 Å². The molecule has 0 saturated carbocycles. The number of hydrogen-bond donors (Lipinski definition) is 1. The Balaban J connectivity index is 2.02. The zero-order valence-corrected chi connectivity index (χ0v) is 13.4. The highest BCUT2D eigenvalue weighted by Crippen LogP contribution is 2.21. The molecule has 1 aromatic carbocycles. The van der Waals surface area contributed by atoms with Crippen molar-refractivity contribution in [1.29, 1.82) is 5.26 Å². The van der Waals surface area contributed by atoms with Crippen molar-refractivity contribution in [1.82, 2.24) is 9.62 Å².